The molecule has 8 nitrogen and oxygen atoms in total. The van der Waals surface area contributed by atoms with Gasteiger partial charge in [-0.1, -0.05) is 13.0 Å². The topological polar surface area (TPSA) is 123 Å². The molecule has 0 spiro atoms. The number of rotatable bonds is 3. The number of pyridine rings is 1. The Morgan fingerprint density at radius 2 is 1.92 bits per heavy atom. The third-order valence-electron chi connectivity index (χ3n) is 4.01. The summed E-state index contributed by atoms with van der Waals surface area (Å²) in [6.07, 6.45) is 0.312. The van der Waals surface area contributed by atoms with Crippen LogP contribution in [0.25, 0.3) is 5.69 Å². The first-order chi connectivity index (χ1) is 11.8. The molecule has 0 aliphatic carbocycles. The molecule has 1 aromatic heterocycles. The van der Waals surface area contributed by atoms with Gasteiger partial charge in [-0.05, 0) is 24.6 Å². The lowest BCUT2D eigenvalue weighted by molar-refractivity contribution is -0.115. The lowest BCUT2D eigenvalue weighted by Gasteiger charge is -2.15. The van der Waals surface area contributed by atoms with Crippen molar-refractivity contribution in [2.24, 2.45) is 0 Å². The predicted molar refractivity (Wildman–Crippen MR) is 91.9 cm³/mol. The van der Waals surface area contributed by atoms with Crippen molar-refractivity contribution in [3.63, 3.8) is 0 Å². The molecule has 128 valence electrons. The van der Waals surface area contributed by atoms with E-state index in [0.717, 1.165) is 10.6 Å². The van der Waals surface area contributed by atoms with Gasteiger partial charge in [0.25, 0.3) is 17.4 Å². The Kier molecular flexibility index (Phi) is 3.88. The minimum Gasteiger partial charge on any atom is -0.384 e. The van der Waals surface area contributed by atoms with Crippen LogP contribution in [0.5, 0.6) is 0 Å². The number of carbonyl (C=O) groups is 3. The average Bonchev–Trinajstić information content (AvgIpc) is 2.84. The van der Waals surface area contributed by atoms with Crippen molar-refractivity contribution in [3.05, 3.63) is 51.3 Å². The minimum absolute atomic E-state index is 0.0213. The number of hydrogen-bond acceptors (Lipinski definition) is 5. The van der Waals surface area contributed by atoms with Crippen LogP contribution in [0.15, 0.2) is 29.1 Å². The van der Waals surface area contributed by atoms with Gasteiger partial charge >= 0.3 is 0 Å². The summed E-state index contributed by atoms with van der Waals surface area (Å²) >= 11 is 0. The molecule has 1 aliphatic heterocycles. The average molecular weight is 340 g/mol. The van der Waals surface area contributed by atoms with E-state index >= 15 is 0 Å². The summed E-state index contributed by atoms with van der Waals surface area (Å²) in [6.45, 7) is 3.49. The number of amides is 3. The molecule has 1 aliphatic rings. The number of aryl methyl sites for hydroxylation is 1. The fourth-order valence-corrected chi connectivity index (χ4v) is 2.71. The Hall–Kier alpha value is -3.42. The first kappa shape index (κ1) is 16.4. The van der Waals surface area contributed by atoms with Crippen molar-refractivity contribution in [1.29, 1.82) is 0 Å². The Bertz CT molecular complexity index is 991. The number of nitrogen functional groups attached to an aromatic ring is 1. The number of nitrogens with two attached hydrogens (primary N) is 1. The van der Waals surface area contributed by atoms with Crippen molar-refractivity contribution in [2.45, 2.75) is 20.3 Å². The van der Waals surface area contributed by atoms with Gasteiger partial charge in [0.15, 0.2) is 0 Å². The molecule has 8 heteroatoms. The molecule has 0 fully saturated rings. The van der Waals surface area contributed by atoms with Crippen LogP contribution in [-0.2, 0) is 4.79 Å². The second kappa shape index (κ2) is 5.90. The molecule has 0 bridgehead atoms. The summed E-state index contributed by atoms with van der Waals surface area (Å²) in [6, 6.07) is 6.12. The monoisotopic (exact) mass is 340 g/mol. The van der Waals surface area contributed by atoms with Gasteiger partial charge in [0.1, 0.15) is 5.82 Å². The summed E-state index contributed by atoms with van der Waals surface area (Å²) in [5.41, 5.74) is 7.08. The maximum Gasteiger partial charge on any atom is 0.262 e. The van der Waals surface area contributed by atoms with Crippen molar-refractivity contribution < 1.29 is 14.4 Å². The zero-order valence-corrected chi connectivity index (χ0v) is 13.7. The minimum atomic E-state index is -0.642. The standard InChI is InChI=1S/C17H16N4O4/c1-3-12(22)19-9-5-4-8(2)11(6-9)21-13(23)7-10-14(15(21)18)17(25)20-16(10)24/h4-7H,3,18H2,1-2H3,(H,19,22)(H,20,24,25). The van der Waals surface area contributed by atoms with Crippen LogP contribution in [-0.4, -0.2) is 22.3 Å². The predicted octanol–water partition coefficient (Wildman–Crippen LogP) is 0.960. The fourth-order valence-electron chi connectivity index (χ4n) is 2.71. The van der Waals surface area contributed by atoms with Gasteiger partial charge in [0.2, 0.25) is 5.91 Å². The molecule has 1 aromatic carbocycles. The van der Waals surface area contributed by atoms with Crippen LogP contribution in [0.3, 0.4) is 0 Å². The quantitative estimate of drug-likeness (QED) is 0.718. The molecular weight excluding hydrogens is 324 g/mol. The Morgan fingerprint density at radius 1 is 1.20 bits per heavy atom. The number of benzene rings is 1. The highest BCUT2D eigenvalue weighted by molar-refractivity contribution is 6.23. The summed E-state index contributed by atoms with van der Waals surface area (Å²) in [5.74, 6) is -1.57. The van der Waals surface area contributed by atoms with E-state index in [4.69, 9.17) is 5.73 Å². The van der Waals surface area contributed by atoms with Crippen molar-refractivity contribution in [2.75, 3.05) is 11.1 Å². The molecule has 0 radical (unpaired) electrons. The molecule has 3 amide bonds. The lowest BCUT2D eigenvalue weighted by atomic mass is 10.1. The highest BCUT2D eigenvalue weighted by Gasteiger charge is 2.32. The number of imide groups is 1. The summed E-state index contributed by atoms with van der Waals surface area (Å²) in [7, 11) is 0. The molecule has 0 saturated carbocycles. The molecule has 25 heavy (non-hydrogen) atoms. The number of carbonyl (C=O) groups excluding carboxylic acids is 3. The normalized spacial score (nSPS) is 12.7. The molecule has 0 saturated heterocycles. The van der Waals surface area contributed by atoms with E-state index in [9.17, 15) is 19.2 Å². The van der Waals surface area contributed by atoms with Crippen molar-refractivity contribution in [3.8, 4) is 5.69 Å². The molecule has 2 heterocycles. The van der Waals surface area contributed by atoms with E-state index in [1.54, 1.807) is 32.0 Å². The zero-order valence-electron chi connectivity index (χ0n) is 13.7. The van der Waals surface area contributed by atoms with Gasteiger partial charge in [-0.15, -0.1) is 0 Å². The maximum atomic E-state index is 12.5. The molecule has 0 atom stereocenters. The van der Waals surface area contributed by atoms with E-state index in [0.29, 0.717) is 23.4 Å². The van der Waals surface area contributed by atoms with Gasteiger partial charge in [0, 0.05) is 18.2 Å². The van der Waals surface area contributed by atoms with Gasteiger partial charge in [-0.3, -0.25) is 29.1 Å². The van der Waals surface area contributed by atoms with E-state index in [1.165, 1.54) is 0 Å². The van der Waals surface area contributed by atoms with Gasteiger partial charge in [-0.25, -0.2) is 0 Å². The van der Waals surface area contributed by atoms with Crippen molar-refractivity contribution in [1.82, 2.24) is 9.88 Å². The third-order valence-corrected chi connectivity index (χ3v) is 4.01. The number of aromatic nitrogens is 1. The number of anilines is 2. The zero-order chi connectivity index (χ0) is 18.3. The molecular formula is C17H16N4O4. The summed E-state index contributed by atoms with van der Waals surface area (Å²) in [5, 5.41) is 4.83. The van der Waals surface area contributed by atoms with Crippen LogP contribution in [0.1, 0.15) is 39.6 Å². The first-order valence-electron chi connectivity index (χ1n) is 7.65. The third kappa shape index (κ3) is 2.67. The van der Waals surface area contributed by atoms with Crippen LogP contribution in [0.2, 0.25) is 0 Å². The van der Waals surface area contributed by atoms with Gasteiger partial charge in [-0.2, -0.15) is 0 Å². The van der Waals surface area contributed by atoms with E-state index < -0.39 is 17.4 Å². The second-order valence-corrected chi connectivity index (χ2v) is 5.68. The second-order valence-electron chi connectivity index (χ2n) is 5.68. The Morgan fingerprint density at radius 3 is 2.60 bits per heavy atom. The molecule has 0 unspecified atom stereocenters. The first-order valence-corrected chi connectivity index (χ1v) is 7.65. The lowest BCUT2D eigenvalue weighted by Crippen LogP contribution is -2.24. The molecule has 4 N–H and O–H groups in total. The molecule has 2 aromatic rings. The summed E-state index contributed by atoms with van der Waals surface area (Å²) < 4.78 is 1.16. The van der Waals surface area contributed by atoms with Crippen LogP contribution < -0.4 is 21.9 Å². The fraction of sp³-hybridized carbons (Fsp3) is 0.176. The van der Waals surface area contributed by atoms with Gasteiger partial charge < -0.3 is 11.1 Å². The highest BCUT2D eigenvalue weighted by Crippen LogP contribution is 2.26. The van der Waals surface area contributed by atoms with E-state index in [2.05, 4.69) is 10.6 Å². The summed E-state index contributed by atoms with van der Waals surface area (Å²) in [4.78, 5) is 47.7. The number of nitrogens with one attached hydrogen (secondary N) is 2. The van der Waals surface area contributed by atoms with E-state index in [-0.39, 0.29) is 22.9 Å². The van der Waals surface area contributed by atoms with E-state index in [1.807, 2.05) is 0 Å². The maximum absolute atomic E-state index is 12.5. The Balaban J connectivity index is 2.21. The number of nitrogens with zero attached hydrogens (tertiary/aromatic N) is 1. The SMILES string of the molecule is CCC(=O)Nc1ccc(C)c(-n2c(N)c3c(cc2=O)C(=O)NC3=O)c1. The van der Waals surface area contributed by atoms with Crippen LogP contribution in [0.4, 0.5) is 11.5 Å². The number of fused-ring (bicyclic) bond motifs is 1. The smallest absolute Gasteiger partial charge is 0.262 e. The molecule has 3 rings (SSSR count). The van der Waals surface area contributed by atoms with Crippen molar-refractivity contribution >= 4 is 29.2 Å². The largest absolute Gasteiger partial charge is 0.384 e. The number of hydrogen-bond donors (Lipinski definition) is 3. The Labute approximate surface area is 142 Å². The van der Waals surface area contributed by atoms with Gasteiger partial charge in [0.05, 0.1) is 16.8 Å². The highest BCUT2D eigenvalue weighted by atomic mass is 16.2. The van der Waals surface area contributed by atoms with Crippen LogP contribution >= 0.6 is 0 Å². The van der Waals surface area contributed by atoms with Crippen LogP contribution in [0, 0.1) is 6.92 Å².